The predicted molar refractivity (Wildman–Crippen MR) is 44.5 cm³/mol. The van der Waals surface area contributed by atoms with Crippen LogP contribution in [-0.4, -0.2) is 4.98 Å². The van der Waals surface area contributed by atoms with Gasteiger partial charge in [0.15, 0.2) is 0 Å². The van der Waals surface area contributed by atoms with Crippen LogP contribution in [0.25, 0.3) is 5.70 Å². The van der Waals surface area contributed by atoms with Crippen molar-refractivity contribution in [1.29, 1.82) is 0 Å². The molecule has 3 nitrogen and oxygen atoms in total. The summed E-state index contributed by atoms with van der Waals surface area (Å²) in [5.74, 6) is 0.596. The Hall–Kier alpha value is -1.51. The van der Waals surface area contributed by atoms with Gasteiger partial charge in [0.25, 0.3) is 0 Å². The highest BCUT2D eigenvalue weighted by atomic mass is 14.8. The molecule has 0 aliphatic heterocycles. The van der Waals surface area contributed by atoms with Crippen molar-refractivity contribution in [1.82, 2.24) is 4.98 Å². The summed E-state index contributed by atoms with van der Waals surface area (Å²) < 4.78 is 0. The number of fused-ring (bicyclic) bond motifs is 1. The molecule has 1 aliphatic carbocycles. The Labute approximate surface area is 64.7 Å². The van der Waals surface area contributed by atoms with E-state index in [1.165, 1.54) is 0 Å². The summed E-state index contributed by atoms with van der Waals surface area (Å²) in [6.45, 7) is 0. The maximum absolute atomic E-state index is 5.69. The molecule has 4 N–H and O–H groups in total. The van der Waals surface area contributed by atoms with E-state index < -0.39 is 0 Å². The Kier molecular flexibility index (Phi) is 1.12. The Bertz CT molecular complexity index is 328. The monoisotopic (exact) mass is 147 g/mol. The number of allylic oxidation sites excluding steroid dienone is 1. The summed E-state index contributed by atoms with van der Waals surface area (Å²) in [6.07, 6.45) is 4.46. The summed E-state index contributed by atoms with van der Waals surface area (Å²) >= 11 is 0. The molecule has 1 heterocycles. The van der Waals surface area contributed by atoms with Crippen LogP contribution in [0.15, 0.2) is 18.3 Å². The molecule has 1 aliphatic rings. The van der Waals surface area contributed by atoms with E-state index in [-0.39, 0.29) is 0 Å². The standard InChI is InChI=1S/C8H9N3/c9-7-2-1-6-5(7)3-4-11-8(6)10/h2-4H,1,9H2,(H2,10,11). The van der Waals surface area contributed by atoms with E-state index in [0.29, 0.717) is 5.82 Å². The normalized spacial score (nSPS) is 14.4. The third-order valence-electron chi connectivity index (χ3n) is 1.93. The highest BCUT2D eigenvalue weighted by Crippen LogP contribution is 2.26. The molecule has 0 saturated carbocycles. The third kappa shape index (κ3) is 0.774. The number of rotatable bonds is 0. The van der Waals surface area contributed by atoms with Crippen molar-refractivity contribution in [2.75, 3.05) is 5.73 Å². The number of anilines is 1. The van der Waals surface area contributed by atoms with Crippen LogP contribution in [0.5, 0.6) is 0 Å². The molecule has 0 aromatic carbocycles. The Balaban J connectivity index is 2.64. The molecular formula is C8H9N3. The van der Waals surface area contributed by atoms with Crippen molar-refractivity contribution in [3.05, 3.63) is 29.5 Å². The van der Waals surface area contributed by atoms with Gasteiger partial charge in [0.05, 0.1) is 0 Å². The first-order chi connectivity index (χ1) is 5.29. The molecule has 0 unspecified atom stereocenters. The highest BCUT2D eigenvalue weighted by molar-refractivity contribution is 5.73. The molecule has 0 atom stereocenters. The van der Waals surface area contributed by atoms with E-state index in [9.17, 15) is 0 Å². The van der Waals surface area contributed by atoms with Gasteiger partial charge in [-0.05, 0) is 12.5 Å². The minimum absolute atomic E-state index is 0.596. The van der Waals surface area contributed by atoms with E-state index in [0.717, 1.165) is 23.2 Å². The van der Waals surface area contributed by atoms with Gasteiger partial charge < -0.3 is 11.5 Å². The minimum atomic E-state index is 0.596. The lowest BCUT2D eigenvalue weighted by molar-refractivity contribution is 1.22. The molecular weight excluding hydrogens is 138 g/mol. The zero-order valence-electron chi connectivity index (χ0n) is 6.04. The highest BCUT2D eigenvalue weighted by Gasteiger charge is 2.13. The smallest absolute Gasteiger partial charge is 0.127 e. The van der Waals surface area contributed by atoms with Crippen LogP contribution in [0.1, 0.15) is 11.1 Å². The lowest BCUT2D eigenvalue weighted by atomic mass is 10.1. The molecule has 3 heteroatoms. The van der Waals surface area contributed by atoms with Gasteiger partial charge in [-0.25, -0.2) is 4.98 Å². The molecule has 1 aromatic heterocycles. The molecule has 0 amide bonds. The van der Waals surface area contributed by atoms with Crippen LogP contribution in [-0.2, 0) is 6.42 Å². The maximum Gasteiger partial charge on any atom is 0.127 e. The molecule has 1 aromatic rings. The first-order valence-electron chi connectivity index (χ1n) is 3.48. The average molecular weight is 147 g/mol. The fourth-order valence-electron chi connectivity index (χ4n) is 1.32. The number of hydrogen-bond acceptors (Lipinski definition) is 3. The zero-order chi connectivity index (χ0) is 7.84. The minimum Gasteiger partial charge on any atom is -0.398 e. The SMILES string of the molecule is NC1=CCc2c1ccnc2N. The van der Waals surface area contributed by atoms with Gasteiger partial charge in [0, 0.05) is 23.0 Å². The summed E-state index contributed by atoms with van der Waals surface area (Å²) in [6, 6.07) is 1.89. The Morgan fingerprint density at radius 3 is 2.91 bits per heavy atom. The van der Waals surface area contributed by atoms with Gasteiger partial charge in [-0.15, -0.1) is 0 Å². The summed E-state index contributed by atoms with van der Waals surface area (Å²) in [5, 5.41) is 0. The fraction of sp³-hybridized carbons (Fsp3) is 0.125. The van der Waals surface area contributed by atoms with Gasteiger partial charge in [0.1, 0.15) is 5.82 Å². The van der Waals surface area contributed by atoms with Gasteiger partial charge in [-0.2, -0.15) is 0 Å². The molecule has 0 spiro atoms. The molecule has 0 saturated heterocycles. The van der Waals surface area contributed by atoms with Crippen molar-refractivity contribution >= 4 is 11.5 Å². The quantitative estimate of drug-likeness (QED) is 0.562. The first kappa shape index (κ1) is 6.22. The molecule has 0 fully saturated rings. The zero-order valence-corrected chi connectivity index (χ0v) is 6.04. The van der Waals surface area contributed by atoms with Crippen molar-refractivity contribution in [2.45, 2.75) is 6.42 Å². The summed E-state index contributed by atoms with van der Waals surface area (Å²) in [4.78, 5) is 3.97. The van der Waals surface area contributed by atoms with Crippen LogP contribution in [0, 0.1) is 0 Å². The topological polar surface area (TPSA) is 64.9 Å². The number of nitrogen functional groups attached to an aromatic ring is 1. The van der Waals surface area contributed by atoms with Crippen LogP contribution < -0.4 is 11.5 Å². The number of hydrogen-bond donors (Lipinski definition) is 2. The fourth-order valence-corrected chi connectivity index (χ4v) is 1.32. The molecule has 11 heavy (non-hydrogen) atoms. The number of nitrogens with two attached hydrogens (primary N) is 2. The lowest BCUT2D eigenvalue weighted by Crippen LogP contribution is -1.99. The van der Waals surface area contributed by atoms with E-state index in [1.807, 2.05) is 12.1 Å². The van der Waals surface area contributed by atoms with Crippen LogP contribution in [0.2, 0.25) is 0 Å². The Morgan fingerprint density at radius 1 is 1.36 bits per heavy atom. The van der Waals surface area contributed by atoms with Crippen molar-refractivity contribution in [2.24, 2.45) is 5.73 Å². The molecule has 0 radical (unpaired) electrons. The lowest BCUT2D eigenvalue weighted by Gasteiger charge is -2.01. The second-order valence-electron chi connectivity index (χ2n) is 2.59. The number of pyridine rings is 1. The average Bonchev–Trinajstić information content (AvgIpc) is 2.35. The van der Waals surface area contributed by atoms with Gasteiger partial charge in [0.2, 0.25) is 0 Å². The van der Waals surface area contributed by atoms with E-state index in [2.05, 4.69) is 4.98 Å². The van der Waals surface area contributed by atoms with Gasteiger partial charge in [-0.1, -0.05) is 6.08 Å². The molecule has 0 bridgehead atoms. The largest absolute Gasteiger partial charge is 0.398 e. The first-order valence-corrected chi connectivity index (χ1v) is 3.48. The maximum atomic E-state index is 5.69. The van der Waals surface area contributed by atoms with Crippen LogP contribution in [0.3, 0.4) is 0 Å². The van der Waals surface area contributed by atoms with Crippen molar-refractivity contribution in [3.63, 3.8) is 0 Å². The van der Waals surface area contributed by atoms with Gasteiger partial charge >= 0.3 is 0 Å². The van der Waals surface area contributed by atoms with Crippen LogP contribution >= 0.6 is 0 Å². The van der Waals surface area contributed by atoms with Crippen molar-refractivity contribution in [3.8, 4) is 0 Å². The number of aromatic nitrogens is 1. The molecule has 2 rings (SSSR count). The van der Waals surface area contributed by atoms with Crippen LogP contribution in [0.4, 0.5) is 5.82 Å². The summed E-state index contributed by atoms with van der Waals surface area (Å²) in [7, 11) is 0. The van der Waals surface area contributed by atoms with E-state index in [4.69, 9.17) is 11.5 Å². The predicted octanol–water partition coefficient (Wildman–Crippen LogP) is 0.520. The van der Waals surface area contributed by atoms with E-state index in [1.54, 1.807) is 6.20 Å². The molecule has 56 valence electrons. The second-order valence-corrected chi connectivity index (χ2v) is 2.59. The number of nitrogens with zero attached hydrogens (tertiary/aromatic N) is 1. The summed E-state index contributed by atoms with van der Waals surface area (Å²) in [5.41, 5.74) is 14.2. The van der Waals surface area contributed by atoms with Crippen molar-refractivity contribution < 1.29 is 0 Å². The van der Waals surface area contributed by atoms with Gasteiger partial charge in [-0.3, -0.25) is 0 Å². The Morgan fingerprint density at radius 2 is 2.18 bits per heavy atom. The van der Waals surface area contributed by atoms with E-state index >= 15 is 0 Å². The second kappa shape index (κ2) is 1.99. The third-order valence-corrected chi connectivity index (χ3v) is 1.93.